The van der Waals surface area contributed by atoms with Gasteiger partial charge in [0.1, 0.15) is 16.5 Å². The second-order valence-electron chi connectivity index (χ2n) is 7.78. The van der Waals surface area contributed by atoms with Gasteiger partial charge in [-0.15, -0.1) is 0 Å². The van der Waals surface area contributed by atoms with Crippen LogP contribution in [-0.2, 0) is 11.8 Å². The van der Waals surface area contributed by atoms with Crippen molar-refractivity contribution in [3.8, 4) is 22.4 Å². The summed E-state index contributed by atoms with van der Waals surface area (Å²) >= 11 is 6.73. The van der Waals surface area contributed by atoms with E-state index in [1.165, 1.54) is 0 Å². The molecule has 158 valence electrons. The summed E-state index contributed by atoms with van der Waals surface area (Å²) in [4.78, 5) is 17.4. The van der Waals surface area contributed by atoms with Crippen molar-refractivity contribution >= 4 is 23.2 Å². The van der Waals surface area contributed by atoms with Gasteiger partial charge in [-0.05, 0) is 31.0 Å². The zero-order valence-electron chi connectivity index (χ0n) is 17.3. The molecule has 5 rings (SSSR count). The standard InChI is InChI=1S/C23H22ClN5O2/c1-14-19(12-28(2)27-14)17-5-3-4-6-18(17)21-22(24)29-9-7-15(11-20(29)26-21)23(30)25-16-8-10-31-13-16/h3-7,9,11-12,16H,8,10,13H2,1-2H3,(H,25,30)/t16-/m0/s1. The van der Waals surface area contributed by atoms with Crippen LogP contribution in [0, 0.1) is 6.92 Å². The highest BCUT2D eigenvalue weighted by Gasteiger charge is 2.21. The number of hydrogen-bond donors (Lipinski definition) is 1. The van der Waals surface area contributed by atoms with Crippen LogP contribution in [0.25, 0.3) is 28.0 Å². The van der Waals surface area contributed by atoms with Crippen molar-refractivity contribution in [1.82, 2.24) is 24.5 Å². The number of amides is 1. The summed E-state index contributed by atoms with van der Waals surface area (Å²) in [6, 6.07) is 11.6. The summed E-state index contributed by atoms with van der Waals surface area (Å²) in [7, 11) is 1.90. The Balaban J connectivity index is 1.55. The molecule has 1 aliphatic rings. The maximum Gasteiger partial charge on any atom is 0.251 e. The van der Waals surface area contributed by atoms with Crippen LogP contribution in [0.4, 0.5) is 0 Å². The van der Waals surface area contributed by atoms with Crippen molar-refractivity contribution < 1.29 is 9.53 Å². The number of halogens is 1. The Morgan fingerprint density at radius 1 is 1.23 bits per heavy atom. The van der Waals surface area contributed by atoms with Gasteiger partial charge >= 0.3 is 0 Å². The van der Waals surface area contributed by atoms with Crippen LogP contribution >= 0.6 is 11.6 Å². The number of pyridine rings is 1. The molecular formula is C23H22ClN5O2. The van der Waals surface area contributed by atoms with Crippen molar-refractivity contribution in [3.63, 3.8) is 0 Å². The van der Waals surface area contributed by atoms with Gasteiger partial charge in [-0.25, -0.2) is 4.98 Å². The zero-order chi connectivity index (χ0) is 21.5. The molecule has 1 fully saturated rings. The number of nitrogens with zero attached hydrogens (tertiary/aromatic N) is 4. The first-order chi connectivity index (χ1) is 15.0. The van der Waals surface area contributed by atoms with Crippen LogP contribution in [0.2, 0.25) is 5.15 Å². The minimum Gasteiger partial charge on any atom is -0.379 e. The fourth-order valence-electron chi connectivity index (χ4n) is 4.03. The molecule has 1 N–H and O–H groups in total. The van der Waals surface area contributed by atoms with E-state index in [9.17, 15) is 4.79 Å². The van der Waals surface area contributed by atoms with Crippen LogP contribution in [0.1, 0.15) is 22.5 Å². The number of hydrogen-bond acceptors (Lipinski definition) is 4. The number of aromatic nitrogens is 4. The molecule has 0 bridgehead atoms. The fourth-order valence-corrected chi connectivity index (χ4v) is 4.32. The highest BCUT2D eigenvalue weighted by Crippen LogP contribution is 2.37. The third-order valence-electron chi connectivity index (χ3n) is 5.58. The molecule has 0 aliphatic carbocycles. The molecule has 1 aliphatic heterocycles. The van der Waals surface area contributed by atoms with Crippen molar-refractivity contribution in [2.75, 3.05) is 13.2 Å². The monoisotopic (exact) mass is 435 g/mol. The van der Waals surface area contributed by atoms with Gasteiger partial charge in [0.25, 0.3) is 5.91 Å². The fraction of sp³-hybridized carbons (Fsp3) is 0.261. The summed E-state index contributed by atoms with van der Waals surface area (Å²) in [6.45, 7) is 3.22. The normalized spacial score (nSPS) is 16.2. The first-order valence-corrected chi connectivity index (χ1v) is 10.6. The Labute approximate surface area is 184 Å². The van der Waals surface area contributed by atoms with Gasteiger partial charge in [0, 0.05) is 42.7 Å². The minimum atomic E-state index is -0.134. The molecule has 1 atom stereocenters. The summed E-state index contributed by atoms with van der Waals surface area (Å²) in [5.41, 5.74) is 5.73. The lowest BCUT2D eigenvalue weighted by Crippen LogP contribution is -2.35. The van der Waals surface area contributed by atoms with Crippen molar-refractivity contribution in [3.05, 3.63) is 65.2 Å². The van der Waals surface area contributed by atoms with Crippen molar-refractivity contribution in [2.24, 2.45) is 7.05 Å². The van der Waals surface area contributed by atoms with E-state index < -0.39 is 0 Å². The van der Waals surface area contributed by atoms with E-state index in [1.54, 1.807) is 27.4 Å². The maximum atomic E-state index is 12.6. The number of fused-ring (bicyclic) bond motifs is 1. The van der Waals surface area contributed by atoms with Crippen molar-refractivity contribution in [2.45, 2.75) is 19.4 Å². The number of rotatable bonds is 4. The van der Waals surface area contributed by atoms with E-state index in [0.717, 1.165) is 28.8 Å². The molecule has 1 aromatic carbocycles. The van der Waals surface area contributed by atoms with E-state index in [2.05, 4.69) is 10.4 Å². The van der Waals surface area contributed by atoms with Gasteiger partial charge < -0.3 is 10.1 Å². The molecule has 1 saturated heterocycles. The Morgan fingerprint density at radius 3 is 2.74 bits per heavy atom. The van der Waals surface area contributed by atoms with Gasteiger partial charge in [0.2, 0.25) is 0 Å². The summed E-state index contributed by atoms with van der Waals surface area (Å²) in [6.07, 6.45) is 4.61. The van der Waals surface area contributed by atoms with Gasteiger partial charge in [0.15, 0.2) is 0 Å². The molecule has 7 nitrogen and oxygen atoms in total. The largest absolute Gasteiger partial charge is 0.379 e. The van der Waals surface area contributed by atoms with E-state index >= 15 is 0 Å². The lowest BCUT2D eigenvalue weighted by Gasteiger charge is -2.10. The number of carbonyl (C=O) groups is 1. The number of benzene rings is 1. The molecule has 0 unspecified atom stereocenters. The van der Waals surface area contributed by atoms with Crippen LogP contribution in [0.3, 0.4) is 0 Å². The molecule has 0 radical (unpaired) electrons. The summed E-state index contributed by atoms with van der Waals surface area (Å²) < 4.78 is 8.92. The molecule has 31 heavy (non-hydrogen) atoms. The zero-order valence-corrected chi connectivity index (χ0v) is 18.1. The third kappa shape index (κ3) is 3.60. The molecule has 8 heteroatoms. The van der Waals surface area contributed by atoms with Crippen LogP contribution in [0.5, 0.6) is 0 Å². The molecule has 1 amide bonds. The Hall–Kier alpha value is -3.16. The molecule has 3 aromatic heterocycles. The van der Waals surface area contributed by atoms with Crippen LogP contribution in [-0.4, -0.2) is 44.3 Å². The van der Waals surface area contributed by atoms with E-state index in [-0.39, 0.29) is 11.9 Å². The Morgan fingerprint density at radius 2 is 2.03 bits per heavy atom. The van der Waals surface area contributed by atoms with Gasteiger partial charge in [0.05, 0.1) is 18.3 Å². The van der Waals surface area contributed by atoms with Crippen LogP contribution < -0.4 is 5.32 Å². The predicted molar refractivity (Wildman–Crippen MR) is 119 cm³/mol. The number of ether oxygens (including phenoxy) is 1. The van der Waals surface area contributed by atoms with E-state index in [4.69, 9.17) is 21.3 Å². The Bertz CT molecular complexity index is 1290. The second kappa shape index (κ2) is 7.83. The predicted octanol–water partition coefficient (Wildman–Crippen LogP) is 3.88. The first-order valence-electron chi connectivity index (χ1n) is 10.2. The molecule has 0 saturated carbocycles. The quantitative estimate of drug-likeness (QED) is 0.528. The number of carbonyl (C=O) groups excluding carboxylic acids is 1. The average Bonchev–Trinajstić information content (AvgIpc) is 3.47. The van der Waals surface area contributed by atoms with Crippen molar-refractivity contribution in [1.29, 1.82) is 0 Å². The molecule has 4 heterocycles. The number of aryl methyl sites for hydroxylation is 2. The van der Waals surface area contributed by atoms with Crippen LogP contribution in [0.15, 0.2) is 48.8 Å². The minimum absolute atomic E-state index is 0.0530. The smallest absolute Gasteiger partial charge is 0.251 e. The SMILES string of the molecule is Cc1nn(C)cc1-c1ccccc1-c1nc2cc(C(=O)N[C@H]3CCOC3)ccn2c1Cl. The summed E-state index contributed by atoms with van der Waals surface area (Å²) in [5.74, 6) is -0.134. The highest BCUT2D eigenvalue weighted by molar-refractivity contribution is 6.32. The lowest BCUT2D eigenvalue weighted by molar-refractivity contribution is 0.0930. The van der Waals surface area contributed by atoms with E-state index in [1.807, 2.05) is 44.4 Å². The number of nitrogens with one attached hydrogen (secondary N) is 1. The first kappa shape index (κ1) is 19.8. The van der Waals surface area contributed by atoms with Gasteiger partial charge in [-0.2, -0.15) is 5.10 Å². The molecule has 4 aromatic rings. The third-order valence-corrected chi connectivity index (χ3v) is 5.94. The maximum absolute atomic E-state index is 12.6. The summed E-state index contributed by atoms with van der Waals surface area (Å²) in [5, 5.41) is 7.97. The molecule has 0 spiro atoms. The molecular weight excluding hydrogens is 414 g/mol. The lowest BCUT2D eigenvalue weighted by atomic mass is 9.99. The Kier molecular flexibility index (Phi) is 5.00. The second-order valence-corrected chi connectivity index (χ2v) is 8.13. The van der Waals surface area contributed by atoms with E-state index in [0.29, 0.717) is 35.3 Å². The van der Waals surface area contributed by atoms with Gasteiger partial charge in [-0.1, -0.05) is 35.9 Å². The topological polar surface area (TPSA) is 73.5 Å². The number of imidazole rings is 1. The highest BCUT2D eigenvalue weighted by atomic mass is 35.5. The average molecular weight is 436 g/mol. The van der Waals surface area contributed by atoms with Gasteiger partial charge in [-0.3, -0.25) is 13.9 Å².